The summed E-state index contributed by atoms with van der Waals surface area (Å²) in [4.78, 5) is 62.9. The molecule has 2 heterocycles. The molecule has 1 aliphatic rings. The molecular formula is C21H33N5O10. The number of nitrogens with one attached hydrogen (secondary N) is 3. The smallest absolute Gasteiger partial charge is 0.407 e. The number of carbonyl (C=O) groups excluding carboxylic acids is 3. The van der Waals surface area contributed by atoms with E-state index in [1.807, 2.05) is 4.98 Å². The van der Waals surface area contributed by atoms with Crippen LogP contribution in [0.4, 0.5) is 9.59 Å². The van der Waals surface area contributed by atoms with Crippen LogP contribution in [0.1, 0.15) is 33.9 Å². The lowest BCUT2D eigenvalue weighted by Gasteiger charge is -2.24. The second kappa shape index (κ2) is 12.5. The largest absolute Gasteiger partial charge is 0.465 e. The van der Waals surface area contributed by atoms with Crippen molar-refractivity contribution in [1.82, 2.24) is 25.1 Å². The van der Waals surface area contributed by atoms with Crippen molar-refractivity contribution < 1.29 is 38.8 Å². The van der Waals surface area contributed by atoms with Gasteiger partial charge in [-0.3, -0.25) is 19.1 Å². The third kappa shape index (κ3) is 8.35. The molecule has 1 aromatic rings. The van der Waals surface area contributed by atoms with Gasteiger partial charge in [0.15, 0.2) is 6.23 Å². The predicted molar refractivity (Wildman–Crippen MR) is 123 cm³/mol. The van der Waals surface area contributed by atoms with Gasteiger partial charge in [0.1, 0.15) is 30.5 Å². The van der Waals surface area contributed by atoms with Gasteiger partial charge in [0.2, 0.25) is 0 Å². The molecule has 15 nitrogen and oxygen atoms in total. The monoisotopic (exact) mass is 515 g/mol. The summed E-state index contributed by atoms with van der Waals surface area (Å²) in [5, 5.41) is 25.6. The van der Waals surface area contributed by atoms with Crippen LogP contribution < -0.4 is 21.9 Å². The minimum Gasteiger partial charge on any atom is -0.465 e. The standard InChI is InChI=1S/C21H33N5O10/c1-5-34-14(28)11-25(9-7-22-20(33)36-21(2,3)4)18(31)23-10-12-15(29)16(30)17(35-12)26-8-6-13(27)24-19(26)32/h6,8,12,15-17,29-30H,5,7,9-11H2,1-4H3,(H,22,33)(H,23,31)(H,24,27,32). The number of ether oxygens (including phenoxy) is 3. The van der Waals surface area contributed by atoms with Crippen LogP contribution in [0.3, 0.4) is 0 Å². The molecule has 36 heavy (non-hydrogen) atoms. The zero-order valence-electron chi connectivity index (χ0n) is 20.6. The van der Waals surface area contributed by atoms with E-state index < -0.39 is 66.0 Å². The fourth-order valence-corrected chi connectivity index (χ4v) is 3.28. The zero-order valence-corrected chi connectivity index (χ0v) is 20.6. The predicted octanol–water partition coefficient (Wildman–Crippen LogP) is -1.74. The number of amides is 3. The van der Waals surface area contributed by atoms with Crippen LogP contribution in [0.2, 0.25) is 0 Å². The van der Waals surface area contributed by atoms with E-state index in [-0.39, 0.29) is 26.2 Å². The Bertz CT molecular complexity index is 1030. The Hall–Kier alpha value is -3.43. The highest BCUT2D eigenvalue weighted by atomic mass is 16.6. The van der Waals surface area contributed by atoms with Gasteiger partial charge in [-0.15, -0.1) is 0 Å². The number of hydrogen-bond acceptors (Lipinski definition) is 10. The van der Waals surface area contributed by atoms with Crippen molar-refractivity contribution in [3.63, 3.8) is 0 Å². The molecule has 1 fully saturated rings. The lowest BCUT2D eigenvalue weighted by atomic mass is 10.1. The molecule has 0 radical (unpaired) electrons. The first kappa shape index (κ1) is 28.8. The van der Waals surface area contributed by atoms with E-state index in [1.54, 1.807) is 27.7 Å². The number of nitrogens with zero attached hydrogens (tertiary/aromatic N) is 2. The zero-order chi connectivity index (χ0) is 27.0. The molecule has 15 heteroatoms. The molecule has 1 aromatic heterocycles. The normalized spacial score (nSPS) is 21.5. The lowest BCUT2D eigenvalue weighted by molar-refractivity contribution is -0.143. The average Bonchev–Trinajstić information content (AvgIpc) is 3.04. The first-order valence-corrected chi connectivity index (χ1v) is 11.3. The number of aromatic nitrogens is 2. The van der Waals surface area contributed by atoms with Gasteiger partial charge in [-0.25, -0.2) is 14.4 Å². The second-order valence-corrected chi connectivity index (χ2v) is 8.90. The van der Waals surface area contributed by atoms with Crippen LogP contribution in [0.5, 0.6) is 0 Å². The van der Waals surface area contributed by atoms with E-state index in [4.69, 9.17) is 14.2 Å². The van der Waals surface area contributed by atoms with Gasteiger partial charge in [-0.05, 0) is 27.7 Å². The number of hydrogen-bond donors (Lipinski definition) is 5. The number of rotatable bonds is 9. The Morgan fingerprint density at radius 3 is 2.50 bits per heavy atom. The van der Waals surface area contributed by atoms with Crippen molar-refractivity contribution >= 4 is 18.1 Å². The Morgan fingerprint density at radius 2 is 1.89 bits per heavy atom. The summed E-state index contributed by atoms with van der Waals surface area (Å²) in [6, 6.07) is 0.321. The number of aliphatic hydroxyl groups is 2. The molecule has 0 aromatic carbocycles. The van der Waals surface area contributed by atoms with Gasteiger partial charge in [-0.2, -0.15) is 0 Å². The number of carbonyl (C=O) groups is 3. The molecule has 2 rings (SSSR count). The quantitative estimate of drug-likeness (QED) is 0.235. The number of esters is 1. The van der Waals surface area contributed by atoms with Crippen LogP contribution in [-0.2, 0) is 19.0 Å². The summed E-state index contributed by atoms with van der Waals surface area (Å²) in [7, 11) is 0. The maximum absolute atomic E-state index is 12.7. The van der Waals surface area contributed by atoms with E-state index >= 15 is 0 Å². The molecule has 4 atom stereocenters. The summed E-state index contributed by atoms with van der Waals surface area (Å²) >= 11 is 0. The average molecular weight is 516 g/mol. The number of aliphatic hydroxyl groups excluding tert-OH is 2. The molecule has 0 saturated carbocycles. The first-order chi connectivity index (χ1) is 16.8. The number of urea groups is 1. The summed E-state index contributed by atoms with van der Waals surface area (Å²) in [5.41, 5.74) is -2.20. The van der Waals surface area contributed by atoms with Crippen LogP contribution in [0.25, 0.3) is 0 Å². The Kier molecular flexibility index (Phi) is 10.0. The summed E-state index contributed by atoms with van der Waals surface area (Å²) < 4.78 is 16.5. The molecule has 0 spiro atoms. The van der Waals surface area contributed by atoms with Crippen LogP contribution >= 0.6 is 0 Å². The van der Waals surface area contributed by atoms with E-state index in [2.05, 4.69) is 10.6 Å². The number of alkyl carbamates (subject to hydrolysis) is 1. The van der Waals surface area contributed by atoms with Crippen LogP contribution in [0.15, 0.2) is 21.9 Å². The molecule has 0 aliphatic carbocycles. The Labute approximate surface area is 206 Å². The Balaban J connectivity index is 1.99. The van der Waals surface area contributed by atoms with E-state index in [0.29, 0.717) is 0 Å². The molecule has 1 aliphatic heterocycles. The molecule has 5 N–H and O–H groups in total. The maximum Gasteiger partial charge on any atom is 0.407 e. The fraction of sp³-hybridized carbons (Fsp3) is 0.667. The highest BCUT2D eigenvalue weighted by molar-refractivity contribution is 5.81. The molecule has 0 bridgehead atoms. The third-order valence-corrected chi connectivity index (χ3v) is 4.88. The van der Waals surface area contributed by atoms with Crippen molar-refractivity contribution in [2.75, 3.05) is 32.8 Å². The van der Waals surface area contributed by atoms with Gasteiger partial charge < -0.3 is 40.0 Å². The molecule has 4 unspecified atom stereocenters. The minimum absolute atomic E-state index is 0.0276. The summed E-state index contributed by atoms with van der Waals surface area (Å²) in [5.74, 6) is -0.671. The topological polar surface area (TPSA) is 202 Å². The molecular weight excluding hydrogens is 482 g/mol. The van der Waals surface area contributed by atoms with Gasteiger partial charge in [0.25, 0.3) is 5.56 Å². The highest BCUT2D eigenvalue weighted by Crippen LogP contribution is 2.27. The number of aromatic amines is 1. The maximum atomic E-state index is 12.7. The van der Waals surface area contributed by atoms with E-state index in [0.717, 1.165) is 21.7 Å². The van der Waals surface area contributed by atoms with Gasteiger partial charge >= 0.3 is 23.8 Å². The first-order valence-electron chi connectivity index (χ1n) is 11.3. The molecule has 202 valence electrons. The van der Waals surface area contributed by atoms with E-state index in [9.17, 15) is 34.2 Å². The minimum atomic E-state index is -1.52. The van der Waals surface area contributed by atoms with Gasteiger partial charge in [0, 0.05) is 31.9 Å². The fourth-order valence-electron chi connectivity index (χ4n) is 3.28. The van der Waals surface area contributed by atoms with Crippen LogP contribution in [0, 0.1) is 0 Å². The van der Waals surface area contributed by atoms with Crippen molar-refractivity contribution in [1.29, 1.82) is 0 Å². The third-order valence-electron chi connectivity index (χ3n) is 4.88. The van der Waals surface area contributed by atoms with Gasteiger partial charge in [-0.1, -0.05) is 0 Å². The van der Waals surface area contributed by atoms with E-state index in [1.165, 1.54) is 0 Å². The SMILES string of the molecule is CCOC(=O)CN(CCNC(=O)OC(C)(C)C)C(=O)NCC1OC(n2ccc(=O)[nH]c2=O)C(O)C1O. The summed E-state index contributed by atoms with van der Waals surface area (Å²) in [6.07, 6.45) is -5.00. The number of H-pyrrole nitrogens is 1. The molecule has 3 amide bonds. The van der Waals surface area contributed by atoms with Crippen molar-refractivity contribution in [3.8, 4) is 0 Å². The highest BCUT2D eigenvalue weighted by Gasteiger charge is 2.44. The van der Waals surface area contributed by atoms with Crippen LogP contribution in [-0.4, -0.2) is 99.5 Å². The summed E-state index contributed by atoms with van der Waals surface area (Å²) in [6.45, 7) is 6.00. The second-order valence-electron chi connectivity index (χ2n) is 8.90. The van der Waals surface area contributed by atoms with Crippen molar-refractivity contribution in [3.05, 3.63) is 33.1 Å². The van der Waals surface area contributed by atoms with Crippen molar-refractivity contribution in [2.24, 2.45) is 0 Å². The molecule has 1 saturated heterocycles. The lowest BCUT2D eigenvalue weighted by Crippen LogP contribution is -2.49. The Morgan fingerprint density at radius 1 is 1.19 bits per heavy atom. The van der Waals surface area contributed by atoms with Crippen molar-refractivity contribution in [2.45, 2.75) is 57.8 Å². The van der Waals surface area contributed by atoms with Gasteiger partial charge in [0.05, 0.1) is 6.61 Å².